The Labute approximate surface area is 201 Å². The SMILES string of the molecule is CCOCCCn1c(NC(=O)c2ccc(C)c(S(=O)(=O)N3CCCCC3)c2)nc2ccccc21. The van der Waals surface area contributed by atoms with Gasteiger partial charge in [-0.25, -0.2) is 13.4 Å². The minimum atomic E-state index is -3.65. The van der Waals surface area contributed by atoms with Gasteiger partial charge in [0.15, 0.2) is 0 Å². The summed E-state index contributed by atoms with van der Waals surface area (Å²) in [6.07, 6.45) is 3.54. The van der Waals surface area contributed by atoms with Crippen molar-refractivity contribution in [1.29, 1.82) is 0 Å². The van der Waals surface area contributed by atoms with Crippen LogP contribution in [-0.4, -0.2) is 54.5 Å². The molecular formula is C25H32N4O4S. The second-order valence-corrected chi connectivity index (χ2v) is 10.4. The van der Waals surface area contributed by atoms with Gasteiger partial charge in [-0.1, -0.05) is 24.6 Å². The van der Waals surface area contributed by atoms with Crippen LogP contribution in [0.5, 0.6) is 0 Å². The monoisotopic (exact) mass is 484 g/mol. The summed E-state index contributed by atoms with van der Waals surface area (Å²) in [5.74, 6) is 0.0418. The number of carbonyl (C=O) groups excluding carboxylic acids is 1. The Hall–Kier alpha value is -2.75. The summed E-state index contributed by atoms with van der Waals surface area (Å²) in [5, 5.41) is 2.90. The number of imidazole rings is 1. The van der Waals surface area contributed by atoms with Crippen LogP contribution in [0.25, 0.3) is 11.0 Å². The van der Waals surface area contributed by atoms with Crippen LogP contribution in [0.4, 0.5) is 5.95 Å². The van der Waals surface area contributed by atoms with Gasteiger partial charge in [0.25, 0.3) is 5.91 Å². The zero-order chi connectivity index (χ0) is 24.1. The van der Waals surface area contributed by atoms with Crippen molar-refractivity contribution >= 4 is 32.9 Å². The van der Waals surface area contributed by atoms with Gasteiger partial charge in [-0.3, -0.25) is 10.1 Å². The molecule has 0 saturated carbocycles. The Bertz CT molecular complexity index is 1260. The lowest BCUT2D eigenvalue weighted by Gasteiger charge is -2.26. The number of sulfonamides is 1. The standard InChI is InChI=1S/C25H32N4O4S/c1-3-33-17-9-16-29-22-11-6-5-10-21(22)26-25(29)27-24(30)20-13-12-19(2)23(18-20)34(31,32)28-14-7-4-8-15-28/h5-6,10-13,18H,3-4,7-9,14-17H2,1-2H3,(H,26,27,30). The van der Waals surface area contributed by atoms with E-state index in [0.717, 1.165) is 36.7 Å². The van der Waals surface area contributed by atoms with E-state index < -0.39 is 15.9 Å². The van der Waals surface area contributed by atoms with E-state index in [1.165, 1.54) is 10.4 Å². The molecule has 9 heteroatoms. The number of hydrogen-bond donors (Lipinski definition) is 1. The number of ether oxygens (including phenoxy) is 1. The molecular weight excluding hydrogens is 452 g/mol. The predicted octanol–water partition coefficient (Wildman–Crippen LogP) is 4.20. The van der Waals surface area contributed by atoms with Crippen LogP contribution in [0.2, 0.25) is 0 Å². The maximum Gasteiger partial charge on any atom is 0.258 e. The number of fused-ring (bicyclic) bond motifs is 1. The molecule has 0 spiro atoms. The third-order valence-corrected chi connectivity index (χ3v) is 8.18. The van der Waals surface area contributed by atoms with Gasteiger partial charge in [0, 0.05) is 38.4 Å². The van der Waals surface area contributed by atoms with Gasteiger partial charge in [0.05, 0.1) is 15.9 Å². The number of anilines is 1. The maximum atomic E-state index is 13.3. The van der Waals surface area contributed by atoms with E-state index in [4.69, 9.17) is 4.74 Å². The number of carbonyl (C=O) groups is 1. The predicted molar refractivity (Wildman–Crippen MR) is 133 cm³/mol. The molecule has 1 aliphatic rings. The average Bonchev–Trinajstić information content (AvgIpc) is 3.19. The van der Waals surface area contributed by atoms with Gasteiger partial charge in [0.2, 0.25) is 16.0 Å². The third-order valence-electron chi connectivity index (χ3n) is 6.14. The van der Waals surface area contributed by atoms with Gasteiger partial charge < -0.3 is 9.30 Å². The molecule has 1 fully saturated rings. The van der Waals surface area contributed by atoms with Crippen molar-refractivity contribution in [3.05, 3.63) is 53.6 Å². The minimum absolute atomic E-state index is 0.187. The molecule has 0 aliphatic carbocycles. The summed E-state index contributed by atoms with van der Waals surface area (Å²) < 4.78 is 35.4. The first-order chi connectivity index (χ1) is 16.4. The fraction of sp³-hybridized carbons (Fsp3) is 0.440. The average molecular weight is 485 g/mol. The summed E-state index contributed by atoms with van der Waals surface area (Å²) in [6, 6.07) is 12.5. The topological polar surface area (TPSA) is 93.5 Å². The lowest BCUT2D eigenvalue weighted by Crippen LogP contribution is -2.36. The van der Waals surface area contributed by atoms with Crippen LogP contribution in [-0.2, 0) is 21.3 Å². The van der Waals surface area contributed by atoms with Crippen molar-refractivity contribution in [2.75, 3.05) is 31.6 Å². The molecule has 1 aromatic heterocycles. The van der Waals surface area contributed by atoms with Gasteiger partial charge in [-0.05, 0) is 62.9 Å². The molecule has 2 aromatic carbocycles. The Morgan fingerprint density at radius 2 is 1.88 bits per heavy atom. The van der Waals surface area contributed by atoms with E-state index in [-0.39, 0.29) is 10.5 Å². The normalized spacial score (nSPS) is 15.0. The van der Waals surface area contributed by atoms with Crippen LogP contribution in [0, 0.1) is 6.92 Å². The highest BCUT2D eigenvalue weighted by Crippen LogP contribution is 2.25. The van der Waals surface area contributed by atoms with Crippen molar-refractivity contribution in [2.24, 2.45) is 0 Å². The Morgan fingerprint density at radius 1 is 1.12 bits per heavy atom. The van der Waals surface area contributed by atoms with E-state index in [9.17, 15) is 13.2 Å². The minimum Gasteiger partial charge on any atom is -0.382 e. The molecule has 0 unspecified atom stereocenters. The van der Waals surface area contributed by atoms with E-state index in [1.54, 1.807) is 19.1 Å². The van der Waals surface area contributed by atoms with Crippen LogP contribution in [0.15, 0.2) is 47.4 Å². The number of aryl methyl sites for hydroxylation is 2. The molecule has 1 aliphatic heterocycles. The van der Waals surface area contributed by atoms with Crippen molar-refractivity contribution in [3.63, 3.8) is 0 Å². The van der Waals surface area contributed by atoms with Gasteiger partial charge in [0.1, 0.15) is 0 Å². The number of benzene rings is 2. The molecule has 34 heavy (non-hydrogen) atoms. The molecule has 182 valence electrons. The number of nitrogens with one attached hydrogen (secondary N) is 1. The molecule has 1 amide bonds. The molecule has 3 aromatic rings. The van der Waals surface area contributed by atoms with Crippen LogP contribution < -0.4 is 5.32 Å². The van der Waals surface area contributed by atoms with E-state index in [1.807, 2.05) is 35.8 Å². The molecule has 0 bridgehead atoms. The zero-order valence-corrected chi connectivity index (χ0v) is 20.6. The highest BCUT2D eigenvalue weighted by atomic mass is 32.2. The van der Waals surface area contributed by atoms with Gasteiger partial charge in [-0.15, -0.1) is 0 Å². The number of rotatable bonds is 9. The molecule has 2 heterocycles. The first-order valence-electron chi connectivity index (χ1n) is 11.9. The molecule has 1 saturated heterocycles. The summed E-state index contributed by atoms with van der Waals surface area (Å²) in [4.78, 5) is 18.0. The van der Waals surface area contributed by atoms with Crippen molar-refractivity contribution in [1.82, 2.24) is 13.9 Å². The molecule has 1 N–H and O–H groups in total. The second kappa shape index (κ2) is 10.7. The summed E-state index contributed by atoms with van der Waals surface area (Å²) in [7, 11) is -3.65. The van der Waals surface area contributed by atoms with Crippen molar-refractivity contribution < 1.29 is 17.9 Å². The smallest absolute Gasteiger partial charge is 0.258 e. The fourth-order valence-electron chi connectivity index (χ4n) is 4.30. The Kier molecular flexibility index (Phi) is 7.65. The van der Waals surface area contributed by atoms with E-state index >= 15 is 0 Å². The van der Waals surface area contributed by atoms with E-state index in [0.29, 0.717) is 44.4 Å². The zero-order valence-electron chi connectivity index (χ0n) is 19.8. The van der Waals surface area contributed by atoms with Crippen molar-refractivity contribution in [2.45, 2.75) is 51.0 Å². The molecule has 0 radical (unpaired) electrons. The Morgan fingerprint density at radius 3 is 2.65 bits per heavy atom. The fourth-order valence-corrected chi connectivity index (χ4v) is 6.07. The third kappa shape index (κ3) is 5.16. The highest BCUT2D eigenvalue weighted by molar-refractivity contribution is 7.89. The van der Waals surface area contributed by atoms with Crippen LogP contribution in [0.3, 0.4) is 0 Å². The molecule has 8 nitrogen and oxygen atoms in total. The second-order valence-electron chi connectivity index (χ2n) is 8.53. The first kappa shape index (κ1) is 24.4. The molecule has 0 atom stereocenters. The molecule has 4 rings (SSSR count). The summed E-state index contributed by atoms with van der Waals surface area (Å²) in [6.45, 7) is 6.67. The van der Waals surface area contributed by atoms with Gasteiger partial charge >= 0.3 is 0 Å². The number of nitrogens with zero attached hydrogens (tertiary/aromatic N) is 3. The number of amides is 1. The van der Waals surface area contributed by atoms with Gasteiger partial charge in [-0.2, -0.15) is 4.31 Å². The summed E-state index contributed by atoms with van der Waals surface area (Å²) >= 11 is 0. The summed E-state index contributed by atoms with van der Waals surface area (Å²) in [5.41, 5.74) is 2.62. The maximum absolute atomic E-state index is 13.3. The number of aromatic nitrogens is 2. The van der Waals surface area contributed by atoms with E-state index in [2.05, 4.69) is 10.3 Å². The number of hydrogen-bond acceptors (Lipinski definition) is 5. The van der Waals surface area contributed by atoms with Crippen LogP contribution >= 0.6 is 0 Å². The highest BCUT2D eigenvalue weighted by Gasteiger charge is 2.28. The number of piperidine rings is 1. The van der Waals surface area contributed by atoms with Crippen LogP contribution in [0.1, 0.15) is 48.5 Å². The lowest BCUT2D eigenvalue weighted by atomic mass is 10.1. The quantitative estimate of drug-likeness (QED) is 0.460. The first-order valence-corrected chi connectivity index (χ1v) is 13.3. The Balaban J connectivity index is 1.60. The number of para-hydroxylation sites is 2. The van der Waals surface area contributed by atoms with Crippen molar-refractivity contribution in [3.8, 4) is 0 Å². The lowest BCUT2D eigenvalue weighted by molar-refractivity contribution is 0.102. The largest absolute Gasteiger partial charge is 0.382 e.